The summed E-state index contributed by atoms with van der Waals surface area (Å²) < 4.78 is 13.1. The highest BCUT2D eigenvalue weighted by Gasteiger charge is 2.31. The van der Waals surface area contributed by atoms with E-state index in [0.717, 1.165) is 73.1 Å². The van der Waals surface area contributed by atoms with Gasteiger partial charge >= 0.3 is 0 Å². The van der Waals surface area contributed by atoms with Gasteiger partial charge in [-0.15, -0.1) is 0 Å². The number of para-hydroxylation sites is 8. The Kier molecular flexibility index (Phi) is 11.1. The molecule has 10 nitrogen and oxygen atoms in total. The molecular weight excluding hydrogens is 937 g/mol. The van der Waals surface area contributed by atoms with Gasteiger partial charge in [-0.25, -0.2) is 15.0 Å². The maximum absolute atomic E-state index is 9.85. The molecule has 2 aliphatic heterocycles. The van der Waals surface area contributed by atoms with Crippen LogP contribution in [-0.4, -0.2) is 15.0 Å². The first-order chi connectivity index (χ1) is 37.5. The zero-order valence-electron chi connectivity index (χ0n) is 40.3. The van der Waals surface area contributed by atoms with Gasteiger partial charge in [-0.3, -0.25) is 0 Å². The van der Waals surface area contributed by atoms with Crippen molar-refractivity contribution >= 4 is 34.1 Å². The molecule has 0 saturated carbocycles. The molecule has 0 radical (unpaired) electrons. The second kappa shape index (κ2) is 18.8. The number of anilines is 6. The molecule has 0 spiro atoms. The number of nitrogens with zero attached hydrogens (tertiary/aromatic N) is 8. The number of fused-ring (bicyclic) bond motifs is 4. The fourth-order valence-corrected chi connectivity index (χ4v) is 9.93. The van der Waals surface area contributed by atoms with Crippen LogP contribution < -0.4 is 19.3 Å². The van der Waals surface area contributed by atoms with Gasteiger partial charge in [-0.05, 0) is 149 Å². The summed E-state index contributed by atoms with van der Waals surface area (Å²) in [4.78, 5) is 20.8. The summed E-state index contributed by atoms with van der Waals surface area (Å²) in [5.74, 6) is 3.97. The molecule has 76 heavy (non-hydrogen) atoms. The summed E-state index contributed by atoms with van der Waals surface area (Å²) in [6.45, 7) is 0. The quantitative estimate of drug-likeness (QED) is 0.145. The average molecular weight is 975 g/mol. The van der Waals surface area contributed by atoms with Crippen LogP contribution in [0.2, 0.25) is 0 Å². The maximum Gasteiger partial charge on any atom is 0.166 e. The van der Waals surface area contributed by atoms with E-state index in [0.29, 0.717) is 68.3 Å². The van der Waals surface area contributed by atoms with E-state index < -0.39 is 0 Å². The highest BCUT2D eigenvalue weighted by Crippen LogP contribution is 2.55. The van der Waals surface area contributed by atoms with Crippen molar-refractivity contribution in [3.63, 3.8) is 0 Å². The molecule has 13 rings (SSSR count). The van der Waals surface area contributed by atoms with Crippen molar-refractivity contribution in [2.45, 2.75) is 0 Å². The van der Waals surface area contributed by atoms with Crippen LogP contribution in [0.3, 0.4) is 0 Å². The Bertz CT molecular complexity index is 3940. The van der Waals surface area contributed by atoms with Gasteiger partial charge in [0.1, 0.15) is 0 Å². The van der Waals surface area contributed by atoms with Gasteiger partial charge in [0.2, 0.25) is 0 Å². The molecule has 0 bridgehead atoms. The Morgan fingerprint density at radius 2 is 0.632 bits per heavy atom. The molecule has 10 aromatic carbocycles. The van der Waals surface area contributed by atoms with Crippen molar-refractivity contribution < 1.29 is 9.47 Å². The largest absolute Gasteiger partial charge is 0.453 e. The van der Waals surface area contributed by atoms with Gasteiger partial charge in [-0.1, -0.05) is 115 Å². The number of rotatable bonds is 8. The van der Waals surface area contributed by atoms with E-state index in [1.807, 2.05) is 188 Å². The molecular formula is C66H38N8O2. The van der Waals surface area contributed by atoms with Gasteiger partial charge in [0, 0.05) is 16.7 Å². The van der Waals surface area contributed by atoms with Crippen molar-refractivity contribution in [2.24, 2.45) is 0 Å². The molecule has 1 aromatic heterocycles. The molecule has 10 heteroatoms. The molecule has 354 valence electrons. The van der Waals surface area contributed by atoms with Crippen LogP contribution in [0.1, 0.15) is 16.7 Å². The minimum atomic E-state index is 0.407. The van der Waals surface area contributed by atoms with E-state index in [9.17, 15) is 15.8 Å². The summed E-state index contributed by atoms with van der Waals surface area (Å²) in [5, 5.41) is 29.3. The van der Waals surface area contributed by atoms with Crippen molar-refractivity contribution in [1.82, 2.24) is 15.0 Å². The fourth-order valence-electron chi connectivity index (χ4n) is 9.93. The zero-order chi connectivity index (χ0) is 51.1. The van der Waals surface area contributed by atoms with Crippen LogP contribution in [0.4, 0.5) is 34.1 Å². The van der Waals surface area contributed by atoms with Crippen molar-refractivity contribution in [2.75, 3.05) is 9.80 Å². The lowest BCUT2D eigenvalue weighted by Gasteiger charge is -2.34. The maximum atomic E-state index is 9.85. The number of nitriles is 3. The Labute approximate surface area is 438 Å². The zero-order valence-corrected chi connectivity index (χ0v) is 40.3. The molecule has 0 N–H and O–H groups in total. The smallest absolute Gasteiger partial charge is 0.166 e. The van der Waals surface area contributed by atoms with Crippen molar-refractivity contribution in [1.29, 1.82) is 15.8 Å². The highest BCUT2D eigenvalue weighted by atomic mass is 16.5. The second-order valence-electron chi connectivity index (χ2n) is 18.2. The van der Waals surface area contributed by atoms with Crippen molar-refractivity contribution in [3.8, 4) is 109 Å². The molecule has 0 amide bonds. The normalized spacial score (nSPS) is 11.8. The lowest BCUT2D eigenvalue weighted by atomic mass is 9.98. The van der Waals surface area contributed by atoms with E-state index in [2.05, 4.69) is 64.4 Å². The fraction of sp³-hybridized carbons (Fsp3) is 0. The Balaban J connectivity index is 1.09. The number of hydrogen-bond donors (Lipinski definition) is 0. The van der Waals surface area contributed by atoms with Crippen LogP contribution in [0, 0.1) is 34.0 Å². The first-order valence-electron chi connectivity index (χ1n) is 24.5. The molecule has 2 aliphatic rings. The van der Waals surface area contributed by atoms with E-state index in [4.69, 9.17) is 24.4 Å². The van der Waals surface area contributed by atoms with Gasteiger partial charge < -0.3 is 19.3 Å². The number of aromatic nitrogens is 3. The molecule has 0 fully saturated rings. The topological polar surface area (TPSA) is 135 Å². The monoisotopic (exact) mass is 974 g/mol. The first kappa shape index (κ1) is 44.8. The predicted octanol–water partition coefficient (Wildman–Crippen LogP) is 16.6. The Morgan fingerprint density at radius 3 is 1.07 bits per heavy atom. The molecule has 0 aliphatic carbocycles. The lowest BCUT2D eigenvalue weighted by Crippen LogP contribution is -2.17. The summed E-state index contributed by atoms with van der Waals surface area (Å²) in [5.41, 5.74) is 14.2. The standard InChI is InChI=1S/C66H38N8O2/c67-39-42-23-27-45(28-24-42)49-31-33-52(58(37-49)73-54-15-1-5-19-60(54)75-61-20-6-2-16-55(61)73)65-70-64(51-14-10-13-48(36-51)47-12-9-11-44(35-47)41-69)71-66(72-65)53-34-32-50(46-29-25-43(40-68)26-30-46)38-59(53)74-56-17-3-7-21-62(56)76-63-22-8-4-18-57(63)74/h1-38H. The SMILES string of the molecule is N#Cc1ccc(-c2ccc(-c3nc(-c4cccc(-c5cccc(C#N)c5)c4)nc(-c4ccc(-c5ccc(C#N)cc5)cc4N4c5ccccc5Oc5ccccc54)n3)c(N3c4ccccc4Oc4ccccc43)c2)cc1. The van der Waals surface area contributed by atoms with E-state index in [1.165, 1.54) is 0 Å². The van der Waals surface area contributed by atoms with Crippen LogP contribution in [-0.2, 0) is 0 Å². The predicted molar refractivity (Wildman–Crippen MR) is 296 cm³/mol. The second-order valence-corrected chi connectivity index (χ2v) is 18.2. The van der Waals surface area contributed by atoms with E-state index >= 15 is 0 Å². The molecule has 11 aromatic rings. The number of hydrogen-bond acceptors (Lipinski definition) is 10. The summed E-state index contributed by atoms with van der Waals surface area (Å²) in [7, 11) is 0. The summed E-state index contributed by atoms with van der Waals surface area (Å²) in [6.07, 6.45) is 0. The van der Waals surface area contributed by atoms with E-state index in [-0.39, 0.29) is 0 Å². The van der Waals surface area contributed by atoms with Crippen molar-refractivity contribution in [3.05, 3.63) is 247 Å². The van der Waals surface area contributed by atoms with Gasteiger partial charge in [0.25, 0.3) is 0 Å². The average Bonchev–Trinajstić information content (AvgIpc) is 3.54. The minimum Gasteiger partial charge on any atom is -0.453 e. The molecule has 3 heterocycles. The number of ether oxygens (including phenoxy) is 2. The third-order valence-electron chi connectivity index (χ3n) is 13.6. The highest BCUT2D eigenvalue weighted by molar-refractivity contribution is 5.96. The molecule has 0 atom stereocenters. The first-order valence-corrected chi connectivity index (χ1v) is 24.5. The van der Waals surface area contributed by atoms with E-state index in [1.54, 1.807) is 6.07 Å². The Morgan fingerprint density at radius 1 is 0.276 bits per heavy atom. The third-order valence-corrected chi connectivity index (χ3v) is 13.6. The third kappa shape index (κ3) is 8.06. The number of benzene rings is 10. The van der Waals surface area contributed by atoms with Gasteiger partial charge in [0.15, 0.2) is 40.5 Å². The minimum absolute atomic E-state index is 0.407. The summed E-state index contributed by atoms with van der Waals surface area (Å²) in [6, 6.07) is 81.9. The molecule has 0 unspecified atom stereocenters. The molecule has 0 saturated heterocycles. The van der Waals surface area contributed by atoms with Gasteiger partial charge in [-0.2, -0.15) is 15.8 Å². The van der Waals surface area contributed by atoms with Crippen LogP contribution in [0.25, 0.3) is 67.5 Å². The van der Waals surface area contributed by atoms with Crippen LogP contribution >= 0.6 is 0 Å². The lowest BCUT2D eigenvalue weighted by molar-refractivity contribution is 0.477. The van der Waals surface area contributed by atoms with Crippen LogP contribution in [0.15, 0.2) is 231 Å². The van der Waals surface area contributed by atoms with Crippen LogP contribution in [0.5, 0.6) is 23.0 Å². The van der Waals surface area contributed by atoms with Gasteiger partial charge in [0.05, 0.1) is 69.0 Å². The summed E-state index contributed by atoms with van der Waals surface area (Å²) >= 11 is 0. The Hall–Kier alpha value is -11.1.